The number of hydrogen-bond acceptors (Lipinski definition) is 3. The SMILES string of the molecule is Nc1cc(Br)c(=O)n(Cc2cncc(Br)c2)c1. The summed E-state index contributed by atoms with van der Waals surface area (Å²) in [7, 11) is 0. The Kier molecular flexibility index (Phi) is 3.63. The van der Waals surface area contributed by atoms with Crippen molar-refractivity contribution in [2.24, 2.45) is 0 Å². The molecular formula is C11H9Br2N3O. The molecule has 0 bridgehead atoms. The Labute approximate surface area is 115 Å². The molecule has 0 saturated heterocycles. The van der Waals surface area contributed by atoms with Crippen LogP contribution in [0, 0.1) is 0 Å². The van der Waals surface area contributed by atoms with Gasteiger partial charge in [-0.2, -0.15) is 0 Å². The van der Waals surface area contributed by atoms with Crippen LogP contribution in [-0.4, -0.2) is 9.55 Å². The van der Waals surface area contributed by atoms with Gasteiger partial charge in [0.2, 0.25) is 0 Å². The molecule has 0 spiro atoms. The first-order valence-corrected chi connectivity index (χ1v) is 6.40. The van der Waals surface area contributed by atoms with E-state index in [-0.39, 0.29) is 5.56 Å². The standard InChI is InChI=1S/C11H9Br2N3O/c12-8-1-7(3-15-4-8)5-16-6-9(14)2-10(13)11(16)17/h1-4,6H,5,14H2. The van der Waals surface area contributed by atoms with Gasteiger partial charge in [0, 0.05) is 28.8 Å². The fourth-order valence-electron chi connectivity index (χ4n) is 1.48. The van der Waals surface area contributed by atoms with Crippen LogP contribution < -0.4 is 11.3 Å². The summed E-state index contributed by atoms with van der Waals surface area (Å²) in [5.74, 6) is 0. The largest absolute Gasteiger partial charge is 0.398 e. The van der Waals surface area contributed by atoms with E-state index in [9.17, 15) is 4.79 Å². The first-order chi connectivity index (χ1) is 8.06. The molecule has 0 aliphatic rings. The second kappa shape index (κ2) is 5.01. The van der Waals surface area contributed by atoms with E-state index in [1.54, 1.807) is 29.2 Å². The van der Waals surface area contributed by atoms with E-state index in [1.807, 2.05) is 6.07 Å². The normalized spacial score (nSPS) is 10.5. The van der Waals surface area contributed by atoms with Crippen LogP contribution in [0.5, 0.6) is 0 Å². The molecule has 0 saturated carbocycles. The van der Waals surface area contributed by atoms with Crippen molar-refractivity contribution in [1.82, 2.24) is 9.55 Å². The zero-order valence-electron chi connectivity index (χ0n) is 8.73. The summed E-state index contributed by atoms with van der Waals surface area (Å²) in [5.41, 5.74) is 7.06. The van der Waals surface area contributed by atoms with Gasteiger partial charge in [0.1, 0.15) is 0 Å². The third-order valence-corrected chi connectivity index (χ3v) is 3.18. The van der Waals surface area contributed by atoms with Gasteiger partial charge in [-0.3, -0.25) is 9.78 Å². The Bertz CT molecular complexity index is 610. The van der Waals surface area contributed by atoms with Crippen molar-refractivity contribution < 1.29 is 0 Å². The average Bonchev–Trinajstić information content (AvgIpc) is 2.25. The third-order valence-electron chi connectivity index (χ3n) is 2.18. The molecule has 2 aromatic rings. The van der Waals surface area contributed by atoms with Crippen molar-refractivity contribution in [3.8, 4) is 0 Å². The number of pyridine rings is 2. The van der Waals surface area contributed by atoms with Crippen LogP contribution in [-0.2, 0) is 6.54 Å². The van der Waals surface area contributed by atoms with E-state index >= 15 is 0 Å². The molecule has 0 fully saturated rings. The number of nitrogens with two attached hydrogens (primary N) is 1. The summed E-state index contributed by atoms with van der Waals surface area (Å²) in [5, 5.41) is 0. The Morgan fingerprint density at radius 2 is 2.06 bits per heavy atom. The molecule has 0 unspecified atom stereocenters. The fourth-order valence-corrected chi connectivity index (χ4v) is 2.38. The number of anilines is 1. The van der Waals surface area contributed by atoms with Crippen LogP contribution >= 0.6 is 31.9 Å². The van der Waals surface area contributed by atoms with Crippen LogP contribution in [0.2, 0.25) is 0 Å². The lowest BCUT2D eigenvalue weighted by atomic mass is 10.3. The zero-order valence-corrected chi connectivity index (χ0v) is 11.9. The van der Waals surface area contributed by atoms with E-state index in [0.717, 1.165) is 10.0 Å². The first kappa shape index (κ1) is 12.3. The monoisotopic (exact) mass is 357 g/mol. The van der Waals surface area contributed by atoms with Crippen LogP contribution in [0.4, 0.5) is 5.69 Å². The van der Waals surface area contributed by atoms with Crippen molar-refractivity contribution >= 4 is 37.5 Å². The van der Waals surface area contributed by atoms with Crippen molar-refractivity contribution in [2.75, 3.05) is 5.73 Å². The van der Waals surface area contributed by atoms with Gasteiger partial charge in [-0.1, -0.05) is 0 Å². The predicted molar refractivity (Wildman–Crippen MR) is 73.9 cm³/mol. The molecule has 2 N–H and O–H groups in total. The molecule has 0 amide bonds. The Morgan fingerprint density at radius 1 is 1.29 bits per heavy atom. The number of nitrogens with zero attached hydrogens (tertiary/aromatic N) is 2. The Morgan fingerprint density at radius 3 is 2.76 bits per heavy atom. The van der Waals surface area contributed by atoms with Crippen molar-refractivity contribution in [2.45, 2.75) is 6.54 Å². The van der Waals surface area contributed by atoms with Crippen LogP contribution in [0.15, 0.2) is 44.5 Å². The van der Waals surface area contributed by atoms with E-state index in [1.165, 1.54) is 0 Å². The maximum absolute atomic E-state index is 11.8. The van der Waals surface area contributed by atoms with Gasteiger partial charge in [-0.15, -0.1) is 0 Å². The number of hydrogen-bond donors (Lipinski definition) is 1. The fraction of sp³-hybridized carbons (Fsp3) is 0.0909. The van der Waals surface area contributed by atoms with E-state index < -0.39 is 0 Å². The van der Waals surface area contributed by atoms with Gasteiger partial charge in [-0.05, 0) is 49.6 Å². The highest BCUT2D eigenvalue weighted by Gasteiger charge is 2.04. The van der Waals surface area contributed by atoms with Crippen molar-refractivity contribution in [3.63, 3.8) is 0 Å². The molecule has 2 heterocycles. The predicted octanol–water partition coefficient (Wildman–Crippen LogP) is 2.40. The minimum atomic E-state index is -0.112. The van der Waals surface area contributed by atoms with E-state index in [2.05, 4.69) is 36.8 Å². The van der Waals surface area contributed by atoms with Crippen molar-refractivity contribution in [1.29, 1.82) is 0 Å². The highest BCUT2D eigenvalue weighted by atomic mass is 79.9. The second-order valence-electron chi connectivity index (χ2n) is 3.57. The topological polar surface area (TPSA) is 60.9 Å². The zero-order chi connectivity index (χ0) is 12.4. The minimum Gasteiger partial charge on any atom is -0.398 e. The Balaban J connectivity index is 2.40. The molecule has 4 nitrogen and oxygen atoms in total. The molecule has 0 aliphatic carbocycles. The van der Waals surface area contributed by atoms with E-state index in [0.29, 0.717) is 16.7 Å². The lowest BCUT2D eigenvalue weighted by Gasteiger charge is -2.07. The first-order valence-electron chi connectivity index (χ1n) is 4.81. The molecule has 0 aliphatic heterocycles. The smallest absolute Gasteiger partial charge is 0.265 e. The van der Waals surface area contributed by atoms with Gasteiger partial charge < -0.3 is 10.3 Å². The summed E-state index contributed by atoms with van der Waals surface area (Å²) < 4.78 is 2.88. The second-order valence-corrected chi connectivity index (χ2v) is 5.34. The number of nitrogen functional groups attached to an aromatic ring is 1. The minimum absolute atomic E-state index is 0.112. The summed E-state index contributed by atoms with van der Waals surface area (Å²) in [6.45, 7) is 0.439. The van der Waals surface area contributed by atoms with Crippen LogP contribution in [0.3, 0.4) is 0 Å². The van der Waals surface area contributed by atoms with Gasteiger partial charge in [0.25, 0.3) is 5.56 Å². The summed E-state index contributed by atoms with van der Waals surface area (Å²) in [6, 6.07) is 3.51. The maximum atomic E-state index is 11.8. The lowest BCUT2D eigenvalue weighted by molar-refractivity contribution is 0.753. The number of halogens is 2. The summed E-state index contributed by atoms with van der Waals surface area (Å²) in [6.07, 6.45) is 5.03. The quantitative estimate of drug-likeness (QED) is 0.896. The average molecular weight is 359 g/mol. The number of rotatable bonds is 2. The highest BCUT2D eigenvalue weighted by molar-refractivity contribution is 9.10. The highest BCUT2D eigenvalue weighted by Crippen LogP contribution is 2.12. The summed E-state index contributed by atoms with van der Waals surface area (Å²) in [4.78, 5) is 15.9. The molecule has 17 heavy (non-hydrogen) atoms. The molecule has 0 radical (unpaired) electrons. The molecule has 88 valence electrons. The lowest BCUT2D eigenvalue weighted by Crippen LogP contribution is -2.21. The van der Waals surface area contributed by atoms with Gasteiger partial charge in [0.05, 0.1) is 11.0 Å². The molecule has 0 atom stereocenters. The molecule has 2 aromatic heterocycles. The molecule has 0 aromatic carbocycles. The van der Waals surface area contributed by atoms with E-state index in [4.69, 9.17) is 5.73 Å². The van der Waals surface area contributed by atoms with Gasteiger partial charge in [-0.25, -0.2) is 0 Å². The van der Waals surface area contributed by atoms with Gasteiger partial charge >= 0.3 is 0 Å². The Hall–Kier alpha value is -1.14. The van der Waals surface area contributed by atoms with Crippen molar-refractivity contribution in [3.05, 3.63) is 55.6 Å². The van der Waals surface area contributed by atoms with Crippen LogP contribution in [0.25, 0.3) is 0 Å². The molecular weight excluding hydrogens is 350 g/mol. The van der Waals surface area contributed by atoms with Crippen LogP contribution in [0.1, 0.15) is 5.56 Å². The van der Waals surface area contributed by atoms with Gasteiger partial charge in [0.15, 0.2) is 0 Å². The third kappa shape index (κ3) is 2.95. The summed E-state index contributed by atoms with van der Waals surface area (Å²) >= 11 is 6.53. The number of aromatic nitrogens is 2. The molecule has 6 heteroatoms. The maximum Gasteiger partial charge on any atom is 0.265 e. The molecule has 2 rings (SSSR count).